The Morgan fingerprint density at radius 3 is 2.14 bits per heavy atom. The Kier molecular flexibility index (Phi) is 11.9. The van der Waals surface area contributed by atoms with Crippen molar-refractivity contribution in [2.75, 3.05) is 6.54 Å². The molecule has 8 N–H and O–H groups in total. The number of carbonyl (C=O) groups is 4. The number of aliphatic hydroxyl groups excluding tert-OH is 1. The van der Waals surface area contributed by atoms with E-state index in [0.29, 0.717) is 24.4 Å². The molecule has 0 rings (SSSR count). The van der Waals surface area contributed by atoms with E-state index < -0.39 is 54.4 Å². The summed E-state index contributed by atoms with van der Waals surface area (Å²) in [7, 11) is 0. The monoisotopic (exact) mass is 420 g/mol. The zero-order valence-electron chi connectivity index (χ0n) is 15.8. The summed E-state index contributed by atoms with van der Waals surface area (Å²) < 4.78 is 0. The lowest BCUT2D eigenvalue weighted by molar-refractivity contribution is -0.145. The van der Waals surface area contributed by atoms with Gasteiger partial charge in [-0.1, -0.05) is 12.2 Å². The third kappa shape index (κ3) is 10.7. The quantitative estimate of drug-likeness (QED) is 0.134. The van der Waals surface area contributed by atoms with Gasteiger partial charge in [0.1, 0.15) is 6.04 Å². The summed E-state index contributed by atoms with van der Waals surface area (Å²) >= 11 is 4.88. The minimum atomic E-state index is -1.56. The van der Waals surface area contributed by atoms with Crippen molar-refractivity contribution in [3.05, 3.63) is 0 Å². The van der Waals surface area contributed by atoms with Gasteiger partial charge < -0.3 is 37.0 Å². The van der Waals surface area contributed by atoms with Crippen molar-refractivity contribution in [3.8, 4) is 0 Å². The maximum absolute atomic E-state index is 12.4. The standard InChI is InChI=1S/C16H28N4O7S/c1-8(21)13(16(26)27)20-15(25)11(5-3-4-6-18-9(2)28)19-14(24)10(17)7-12(22)23/h8,10-11,13,21H,3-7,17H2,1-2H3,(H,18,28)(H,19,24)(H,20,25)(H,22,23)(H,26,27)/t8-,10+,11+,13+/m1/s1. The Balaban J connectivity index is 5.01. The molecule has 0 radical (unpaired) electrons. The molecular formula is C16H28N4O7S. The smallest absolute Gasteiger partial charge is 0.328 e. The van der Waals surface area contributed by atoms with Crippen LogP contribution in [0.15, 0.2) is 0 Å². The third-order valence-electron chi connectivity index (χ3n) is 3.70. The molecule has 0 spiro atoms. The Labute approximate surface area is 168 Å². The van der Waals surface area contributed by atoms with Gasteiger partial charge in [-0.2, -0.15) is 0 Å². The fraction of sp³-hybridized carbons (Fsp3) is 0.688. The highest BCUT2D eigenvalue weighted by molar-refractivity contribution is 7.80. The van der Waals surface area contributed by atoms with Crippen molar-refractivity contribution >= 4 is 41.0 Å². The predicted molar refractivity (Wildman–Crippen MR) is 104 cm³/mol. The Hall–Kier alpha value is -2.31. The van der Waals surface area contributed by atoms with Crippen LogP contribution in [0.1, 0.15) is 39.5 Å². The van der Waals surface area contributed by atoms with E-state index in [1.165, 1.54) is 6.92 Å². The van der Waals surface area contributed by atoms with Crippen LogP contribution in [-0.4, -0.2) is 74.8 Å². The molecular weight excluding hydrogens is 392 g/mol. The second kappa shape index (κ2) is 13.0. The fourth-order valence-corrected chi connectivity index (χ4v) is 2.31. The number of amides is 2. The lowest BCUT2D eigenvalue weighted by Gasteiger charge is -2.23. The Morgan fingerprint density at radius 1 is 1.07 bits per heavy atom. The molecule has 4 atom stereocenters. The molecule has 0 unspecified atom stereocenters. The number of carbonyl (C=O) groups excluding carboxylic acids is 2. The van der Waals surface area contributed by atoms with Crippen LogP contribution < -0.4 is 21.7 Å². The van der Waals surface area contributed by atoms with Gasteiger partial charge in [0.25, 0.3) is 0 Å². The summed E-state index contributed by atoms with van der Waals surface area (Å²) in [6.45, 7) is 3.48. The molecule has 12 heteroatoms. The van der Waals surface area contributed by atoms with Crippen LogP contribution in [0.25, 0.3) is 0 Å². The van der Waals surface area contributed by atoms with E-state index >= 15 is 0 Å². The van der Waals surface area contributed by atoms with Crippen molar-refractivity contribution < 1.29 is 34.5 Å². The molecule has 0 aliphatic heterocycles. The van der Waals surface area contributed by atoms with Crippen LogP contribution in [0.5, 0.6) is 0 Å². The van der Waals surface area contributed by atoms with Gasteiger partial charge >= 0.3 is 11.9 Å². The summed E-state index contributed by atoms with van der Waals surface area (Å²) in [5.41, 5.74) is 5.49. The first kappa shape index (κ1) is 25.7. The number of aliphatic hydroxyl groups is 1. The van der Waals surface area contributed by atoms with E-state index in [1.807, 2.05) is 0 Å². The first-order valence-corrected chi connectivity index (χ1v) is 9.10. The number of thiocarbonyl (C=S) groups is 1. The SMILES string of the molecule is CC(=S)NCCCC[C@H](NC(=O)[C@@H](N)CC(=O)O)C(=O)N[C@H](C(=O)O)[C@@H](C)O. The minimum Gasteiger partial charge on any atom is -0.481 e. The van der Waals surface area contributed by atoms with Crippen molar-refractivity contribution in [2.45, 2.75) is 63.8 Å². The molecule has 28 heavy (non-hydrogen) atoms. The average molecular weight is 420 g/mol. The summed E-state index contributed by atoms with van der Waals surface area (Å²) in [6, 6.07) is -4.06. The minimum absolute atomic E-state index is 0.154. The fourth-order valence-electron chi connectivity index (χ4n) is 2.21. The second-order valence-electron chi connectivity index (χ2n) is 6.31. The van der Waals surface area contributed by atoms with E-state index in [0.717, 1.165) is 0 Å². The number of rotatable bonds is 13. The van der Waals surface area contributed by atoms with E-state index in [-0.39, 0.29) is 6.42 Å². The van der Waals surface area contributed by atoms with E-state index in [9.17, 15) is 24.3 Å². The summed E-state index contributed by atoms with van der Waals surface area (Å²) in [6.07, 6.45) is -0.727. The molecule has 11 nitrogen and oxygen atoms in total. The molecule has 0 aromatic heterocycles. The second-order valence-corrected chi connectivity index (χ2v) is 6.92. The highest BCUT2D eigenvalue weighted by Crippen LogP contribution is 2.04. The molecule has 160 valence electrons. The van der Waals surface area contributed by atoms with Gasteiger partial charge in [-0.15, -0.1) is 0 Å². The number of aliphatic carboxylic acids is 2. The van der Waals surface area contributed by atoms with Crippen LogP contribution >= 0.6 is 12.2 Å². The van der Waals surface area contributed by atoms with E-state index in [4.69, 9.17) is 28.2 Å². The van der Waals surface area contributed by atoms with Gasteiger partial charge in [-0.05, 0) is 33.1 Å². The first-order chi connectivity index (χ1) is 13.0. The largest absolute Gasteiger partial charge is 0.481 e. The summed E-state index contributed by atoms with van der Waals surface area (Å²) in [5, 5.41) is 34.7. The molecule has 0 heterocycles. The van der Waals surface area contributed by atoms with Crippen molar-refractivity contribution in [2.24, 2.45) is 5.73 Å². The van der Waals surface area contributed by atoms with Gasteiger partial charge in [0.2, 0.25) is 11.8 Å². The van der Waals surface area contributed by atoms with Crippen LogP contribution in [-0.2, 0) is 19.2 Å². The van der Waals surface area contributed by atoms with Crippen molar-refractivity contribution in [1.29, 1.82) is 0 Å². The number of carboxylic acids is 2. The van der Waals surface area contributed by atoms with Crippen LogP contribution in [0, 0.1) is 0 Å². The molecule has 0 bridgehead atoms. The zero-order chi connectivity index (χ0) is 21.9. The number of nitrogens with one attached hydrogen (secondary N) is 3. The number of carboxylic acid groups (broad SMARTS) is 2. The molecule has 2 amide bonds. The Morgan fingerprint density at radius 2 is 1.68 bits per heavy atom. The van der Waals surface area contributed by atoms with Gasteiger partial charge in [0, 0.05) is 6.54 Å². The predicted octanol–water partition coefficient (Wildman–Crippen LogP) is -1.67. The molecule has 0 aromatic carbocycles. The van der Waals surface area contributed by atoms with Crippen molar-refractivity contribution in [3.63, 3.8) is 0 Å². The maximum Gasteiger partial charge on any atom is 0.328 e. The topological polar surface area (TPSA) is 191 Å². The third-order valence-corrected chi connectivity index (χ3v) is 3.85. The van der Waals surface area contributed by atoms with Crippen LogP contribution in [0.2, 0.25) is 0 Å². The van der Waals surface area contributed by atoms with Gasteiger partial charge in [-0.25, -0.2) is 4.79 Å². The molecule has 0 fully saturated rings. The maximum atomic E-state index is 12.4. The van der Waals surface area contributed by atoms with E-state index in [2.05, 4.69) is 16.0 Å². The normalized spacial score (nSPS) is 14.9. The van der Waals surface area contributed by atoms with Crippen LogP contribution in [0.4, 0.5) is 0 Å². The molecule has 0 saturated heterocycles. The molecule has 0 saturated carbocycles. The average Bonchev–Trinajstić information content (AvgIpc) is 2.56. The Bertz CT molecular complexity index is 585. The molecule has 0 aromatic rings. The molecule has 0 aliphatic rings. The van der Waals surface area contributed by atoms with E-state index in [1.54, 1.807) is 6.92 Å². The van der Waals surface area contributed by atoms with Gasteiger partial charge in [0.05, 0.1) is 23.6 Å². The van der Waals surface area contributed by atoms with Gasteiger partial charge in [0.15, 0.2) is 6.04 Å². The lowest BCUT2D eigenvalue weighted by atomic mass is 10.1. The highest BCUT2D eigenvalue weighted by atomic mass is 32.1. The number of nitrogens with two attached hydrogens (primary N) is 1. The van der Waals surface area contributed by atoms with Crippen molar-refractivity contribution in [1.82, 2.24) is 16.0 Å². The number of hydrogen-bond donors (Lipinski definition) is 7. The lowest BCUT2D eigenvalue weighted by Crippen LogP contribution is -2.56. The number of unbranched alkanes of at least 4 members (excludes halogenated alkanes) is 1. The number of hydrogen-bond acceptors (Lipinski definition) is 7. The van der Waals surface area contributed by atoms with Gasteiger partial charge in [-0.3, -0.25) is 14.4 Å². The highest BCUT2D eigenvalue weighted by Gasteiger charge is 2.30. The zero-order valence-corrected chi connectivity index (χ0v) is 16.6. The summed E-state index contributed by atoms with van der Waals surface area (Å²) in [4.78, 5) is 46.9. The first-order valence-electron chi connectivity index (χ1n) is 8.69. The van der Waals surface area contributed by atoms with Crippen LogP contribution in [0.3, 0.4) is 0 Å². The molecule has 0 aliphatic carbocycles. The summed E-state index contributed by atoms with van der Waals surface area (Å²) in [5.74, 6) is -4.37.